The van der Waals surface area contributed by atoms with Crippen molar-refractivity contribution in [2.75, 3.05) is 46.5 Å². The van der Waals surface area contributed by atoms with Gasteiger partial charge in [0.2, 0.25) is 0 Å². The van der Waals surface area contributed by atoms with Crippen molar-refractivity contribution in [2.45, 2.75) is 25.9 Å². The van der Waals surface area contributed by atoms with Crippen molar-refractivity contribution in [3.8, 4) is 17.2 Å². The molecule has 0 radical (unpaired) electrons. The Morgan fingerprint density at radius 2 is 2.00 bits per heavy atom. The lowest BCUT2D eigenvalue weighted by atomic mass is 9.96. The van der Waals surface area contributed by atoms with Crippen LogP contribution in [0.15, 0.2) is 30.5 Å². The predicted molar refractivity (Wildman–Crippen MR) is 130 cm³/mol. The lowest BCUT2D eigenvalue weighted by Crippen LogP contribution is -2.49. The first-order valence-electron chi connectivity index (χ1n) is 11.9. The Kier molecular flexibility index (Phi) is 6.72. The molecule has 10 heteroatoms. The number of aromatic amines is 1. The Hall–Kier alpha value is -3.37. The standard InChI is InChI=1S/C26H29F2N3O5/c1-15-11-21(34-2)19(16-5-6-29-23(15)16)12-31-8-7-30(14-22(27)28)13-20(31)17-3-4-18(26(32)33)25-24(17)35-9-10-36-25/h3-6,11,20,22,29H,7-10,12-14H2,1-2H3,(H,32,33)/t20-/m0/s1. The third-order valence-corrected chi connectivity index (χ3v) is 6.97. The van der Waals surface area contributed by atoms with Crippen LogP contribution in [0.4, 0.5) is 8.78 Å². The molecular formula is C26H29F2N3O5. The van der Waals surface area contributed by atoms with Gasteiger partial charge in [-0.25, -0.2) is 13.6 Å². The van der Waals surface area contributed by atoms with Crippen LogP contribution in [0.25, 0.3) is 10.9 Å². The molecule has 36 heavy (non-hydrogen) atoms. The first kappa shape index (κ1) is 24.3. The highest BCUT2D eigenvalue weighted by atomic mass is 19.3. The van der Waals surface area contributed by atoms with Gasteiger partial charge in [-0.3, -0.25) is 9.80 Å². The van der Waals surface area contributed by atoms with Crippen molar-refractivity contribution in [3.63, 3.8) is 0 Å². The zero-order chi connectivity index (χ0) is 25.4. The summed E-state index contributed by atoms with van der Waals surface area (Å²) in [6.45, 7) is 4.10. The van der Waals surface area contributed by atoms with E-state index in [0.717, 1.165) is 33.3 Å². The molecule has 3 heterocycles. The fourth-order valence-electron chi connectivity index (χ4n) is 5.29. The SMILES string of the molecule is COc1cc(C)c2[nH]ccc2c1CN1CCN(CC(F)F)C[C@H]1c1ccc(C(=O)O)c2c1OCCO2. The third-order valence-electron chi connectivity index (χ3n) is 6.97. The van der Waals surface area contributed by atoms with Crippen LogP contribution >= 0.6 is 0 Å². The van der Waals surface area contributed by atoms with Crippen molar-refractivity contribution < 1.29 is 32.9 Å². The number of carboxylic acids is 1. The normalized spacial score (nSPS) is 18.6. The number of alkyl halides is 2. The molecule has 2 N–H and O–H groups in total. The van der Waals surface area contributed by atoms with E-state index in [9.17, 15) is 18.7 Å². The summed E-state index contributed by atoms with van der Waals surface area (Å²) in [5, 5.41) is 10.7. The molecular weight excluding hydrogens is 472 g/mol. The fraction of sp³-hybridized carbons (Fsp3) is 0.423. The molecule has 192 valence electrons. The highest BCUT2D eigenvalue weighted by Gasteiger charge is 2.35. The second kappa shape index (κ2) is 9.94. The molecule has 3 aromatic rings. The van der Waals surface area contributed by atoms with E-state index in [1.165, 1.54) is 6.07 Å². The van der Waals surface area contributed by atoms with Gasteiger partial charge in [0.1, 0.15) is 24.5 Å². The van der Waals surface area contributed by atoms with E-state index in [2.05, 4.69) is 9.88 Å². The van der Waals surface area contributed by atoms with E-state index in [1.807, 2.05) is 25.3 Å². The van der Waals surface area contributed by atoms with Crippen LogP contribution in [0.1, 0.15) is 33.1 Å². The molecule has 1 saturated heterocycles. The molecule has 0 aliphatic carbocycles. The van der Waals surface area contributed by atoms with Gasteiger partial charge in [-0.15, -0.1) is 0 Å². The molecule has 1 atom stereocenters. The van der Waals surface area contributed by atoms with E-state index in [-0.39, 0.29) is 37.1 Å². The predicted octanol–water partition coefficient (Wildman–Crippen LogP) is 4.08. The number of aryl methyl sites for hydroxylation is 1. The second-order valence-corrected chi connectivity index (χ2v) is 9.14. The van der Waals surface area contributed by atoms with Gasteiger partial charge in [0.15, 0.2) is 11.5 Å². The molecule has 0 saturated carbocycles. The van der Waals surface area contributed by atoms with Gasteiger partial charge < -0.3 is 24.3 Å². The van der Waals surface area contributed by atoms with Crippen molar-refractivity contribution in [3.05, 3.63) is 52.7 Å². The summed E-state index contributed by atoms with van der Waals surface area (Å²) in [6.07, 6.45) is -0.554. The molecule has 2 aliphatic heterocycles. The number of hydrogen-bond acceptors (Lipinski definition) is 6. The van der Waals surface area contributed by atoms with Gasteiger partial charge in [0.05, 0.1) is 19.7 Å². The molecule has 5 rings (SSSR count). The molecule has 1 aromatic heterocycles. The van der Waals surface area contributed by atoms with Gasteiger partial charge in [0, 0.05) is 54.4 Å². The summed E-state index contributed by atoms with van der Waals surface area (Å²) in [4.78, 5) is 19.0. The average Bonchev–Trinajstić information content (AvgIpc) is 3.36. The smallest absolute Gasteiger partial charge is 0.339 e. The van der Waals surface area contributed by atoms with Crippen molar-refractivity contribution in [1.82, 2.24) is 14.8 Å². The van der Waals surface area contributed by atoms with Crippen molar-refractivity contribution in [2.24, 2.45) is 0 Å². The molecule has 2 aromatic carbocycles. The van der Waals surface area contributed by atoms with E-state index >= 15 is 0 Å². The summed E-state index contributed by atoms with van der Waals surface area (Å²) >= 11 is 0. The number of fused-ring (bicyclic) bond motifs is 2. The zero-order valence-electron chi connectivity index (χ0n) is 20.2. The molecule has 8 nitrogen and oxygen atoms in total. The number of H-pyrrole nitrogens is 1. The fourth-order valence-corrected chi connectivity index (χ4v) is 5.29. The second-order valence-electron chi connectivity index (χ2n) is 9.14. The maximum Gasteiger partial charge on any atom is 0.339 e. The van der Waals surface area contributed by atoms with Crippen LogP contribution in [0.3, 0.4) is 0 Å². The number of hydrogen-bond donors (Lipinski definition) is 2. The highest BCUT2D eigenvalue weighted by Crippen LogP contribution is 2.44. The topological polar surface area (TPSA) is 87.3 Å². The van der Waals surface area contributed by atoms with Crippen LogP contribution in [0, 0.1) is 6.92 Å². The number of methoxy groups -OCH3 is 1. The minimum Gasteiger partial charge on any atom is -0.496 e. The Bertz CT molecular complexity index is 1280. The van der Waals surface area contributed by atoms with Crippen LogP contribution in [-0.4, -0.2) is 78.8 Å². The number of nitrogens with zero attached hydrogens (tertiary/aromatic N) is 2. The number of carbonyl (C=O) groups is 1. The number of benzene rings is 2. The number of carboxylic acid groups (broad SMARTS) is 1. The Labute approximate surface area is 207 Å². The number of halogens is 2. The zero-order valence-corrected chi connectivity index (χ0v) is 20.2. The molecule has 0 amide bonds. The van der Waals surface area contributed by atoms with Crippen LogP contribution < -0.4 is 14.2 Å². The van der Waals surface area contributed by atoms with Gasteiger partial charge >= 0.3 is 5.97 Å². The number of aromatic carboxylic acids is 1. The molecule has 0 spiro atoms. The largest absolute Gasteiger partial charge is 0.496 e. The number of nitrogens with one attached hydrogen (secondary N) is 1. The lowest BCUT2D eigenvalue weighted by Gasteiger charge is -2.42. The number of piperazine rings is 1. The van der Waals surface area contributed by atoms with E-state index < -0.39 is 12.4 Å². The number of aromatic nitrogens is 1. The maximum atomic E-state index is 13.3. The van der Waals surface area contributed by atoms with Gasteiger partial charge in [-0.2, -0.15) is 0 Å². The highest BCUT2D eigenvalue weighted by molar-refractivity contribution is 5.92. The first-order valence-corrected chi connectivity index (χ1v) is 11.9. The van der Waals surface area contributed by atoms with Crippen LogP contribution in [-0.2, 0) is 6.54 Å². The van der Waals surface area contributed by atoms with Crippen LogP contribution in [0.2, 0.25) is 0 Å². The minimum absolute atomic E-state index is 0.0227. The Morgan fingerprint density at radius 3 is 2.72 bits per heavy atom. The number of ether oxygens (including phenoxy) is 3. The summed E-state index contributed by atoms with van der Waals surface area (Å²) < 4.78 is 44.0. The summed E-state index contributed by atoms with van der Waals surface area (Å²) in [6, 6.07) is 6.92. The molecule has 2 aliphatic rings. The molecule has 0 bridgehead atoms. The van der Waals surface area contributed by atoms with Gasteiger partial charge in [-0.05, 0) is 30.7 Å². The average molecular weight is 502 g/mol. The lowest BCUT2D eigenvalue weighted by molar-refractivity contribution is 0.0230. The maximum absolute atomic E-state index is 13.3. The summed E-state index contributed by atoms with van der Waals surface area (Å²) in [7, 11) is 1.64. The quantitative estimate of drug-likeness (QED) is 0.505. The van der Waals surface area contributed by atoms with Gasteiger partial charge in [0.25, 0.3) is 6.43 Å². The van der Waals surface area contributed by atoms with E-state index in [0.29, 0.717) is 31.9 Å². The Morgan fingerprint density at radius 1 is 1.22 bits per heavy atom. The molecule has 1 fully saturated rings. The third kappa shape index (κ3) is 4.46. The Balaban J connectivity index is 1.57. The monoisotopic (exact) mass is 501 g/mol. The van der Waals surface area contributed by atoms with Crippen LogP contribution in [0.5, 0.6) is 17.2 Å². The summed E-state index contributed by atoms with van der Waals surface area (Å²) in [5.41, 5.74) is 3.84. The van der Waals surface area contributed by atoms with Crippen molar-refractivity contribution in [1.29, 1.82) is 0 Å². The minimum atomic E-state index is -2.45. The van der Waals surface area contributed by atoms with E-state index in [1.54, 1.807) is 18.1 Å². The summed E-state index contributed by atoms with van der Waals surface area (Å²) in [5.74, 6) is 0.217. The van der Waals surface area contributed by atoms with Gasteiger partial charge in [-0.1, -0.05) is 6.07 Å². The first-order chi connectivity index (χ1) is 17.4. The number of rotatable bonds is 7. The van der Waals surface area contributed by atoms with Crippen molar-refractivity contribution >= 4 is 16.9 Å². The molecule has 0 unspecified atom stereocenters. The van der Waals surface area contributed by atoms with E-state index in [4.69, 9.17) is 14.2 Å².